The zero-order chi connectivity index (χ0) is 19.3. The number of rotatable bonds is 6. The second kappa shape index (κ2) is 9.00. The Labute approximate surface area is 155 Å². The maximum atomic E-state index is 12.3. The number of nitriles is 1. The van der Waals surface area contributed by atoms with Gasteiger partial charge in [0.25, 0.3) is 5.56 Å². The number of carbonyl (C=O) groups excluding carboxylic acids is 1. The summed E-state index contributed by atoms with van der Waals surface area (Å²) in [6, 6.07) is 2.06. The molecular weight excluding hydrogens is 328 g/mol. The van der Waals surface area contributed by atoms with Gasteiger partial charge in [0.1, 0.15) is 11.6 Å². The van der Waals surface area contributed by atoms with E-state index in [9.17, 15) is 9.59 Å². The molecule has 6 heteroatoms. The molecule has 0 radical (unpaired) electrons. The molecule has 6 nitrogen and oxygen atoms in total. The van der Waals surface area contributed by atoms with Gasteiger partial charge in [-0.3, -0.25) is 9.59 Å². The van der Waals surface area contributed by atoms with Crippen LogP contribution in [0.4, 0.5) is 0 Å². The molecule has 1 aliphatic rings. The van der Waals surface area contributed by atoms with Crippen LogP contribution < -0.4 is 10.9 Å². The van der Waals surface area contributed by atoms with E-state index in [2.05, 4.69) is 22.1 Å². The monoisotopic (exact) mass is 358 g/mol. The first-order valence-electron chi connectivity index (χ1n) is 9.46. The molecule has 0 bridgehead atoms. The minimum Gasteiger partial charge on any atom is -0.352 e. The van der Waals surface area contributed by atoms with Crippen LogP contribution in [-0.4, -0.2) is 41.5 Å². The maximum absolute atomic E-state index is 12.3. The number of pyridine rings is 1. The van der Waals surface area contributed by atoms with Crippen LogP contribution in [0.3, 0.4) is 0 Å². The fraction of sp³-hybridized carbons (Fsp3) is 0.650. The summed E-state index contributed by atoms with van der Waals surface area (Å²) in [6.07, 6.45) is 3.38. The van der Waals surface area contributed by atoms with Gasteiger partial charge in [-0.15, -0.1) is 0 Å². The van der Waals surface area contributed by atoms with Crippen molar-refractivity contribution >= 4 is 5.91 Å². The first-order valence-corrected chi connectivity index (χ1v) is 9.46. The molecule has 0 aromatic carbocycles. The summed E-state index contributed by atoms with van der Waals surface area (Å²) in [7, 11) is 0. The maximum Gasteiger partial charge on any atom is 0.266 e. The van der Waals surface area contributed by atoms with Gasteiger partial charge >= 0.3 is 0 Å². The van der Waals surface area contributed by atoms with E-state index in [4.69, 9.17) is 5.26 Å². The predicted octanol–water partition coefficient (Wildman–Crippen LogP) is 2.03. The number of amides is 1. The zero-order valence-corrected chi connectivity index (χ0v) is 16.3. The van der Waals surface area contributed by atoms with Crippen molar-refractivity contribution in [1.82, 2.24) is 15.2 Å². The summed E-state index contributed by atoms with van der Waals surface area (Å²) in [5.41, 5.74) is 2.07. The Balaban J connectivity index is 1.89. The highest BCUT2D eigenvalue weighted by atomic mass is 16.1. The summed E-state index contributed by atoms with van der Waals surface area (Å²) in [5, 5.41) is 12.2. The Kier molecular flexibility index (Phi) is 6.98. The summed E-state index contributed by atoms with van der Waals surface area (Å²) >= 11 is 0. The van der Waals surface area contributed by atoms with Crippen LogP contribution in [-0.2, 0) is 11.2 Å². The van der Waals surface area contributed by atoms with Crippen LogP contribution in [0.15, 0.2) is 4.79 Å². The smallest absolute Gasteiger partial charge is 0.266 e. The largest absolute Gasteiger partial charge is 0.352 e. The highest BCUT2D eigenvalue weighted by Gasteiger charge is 2.19. The number of hydrogen-bond acceptors (Lipinski definition) is 4. The molecule has 1 saturated heterocycles. The number of H-pyrrole nitrogens is 1. The van der Waals surface area contributed by atoms with Crippen molar-refractivity contribution in [2.75, 3.05) is 19.6 Å². The number of nitrogens with zero attached hydrogens (tertiary/aromatic N) is 2. The van der Waals surface area contributed by atoms with Crippen molar-refractivity contribution in [3.63, 3.8) is 0 Å². The summed E-state index contributed by atoms with van der Waals surface area (Å²) in [4.78, 5) is 29.2. The van der Waals surface area contributed by atoms with E-state index in [0.717, 1.165) is 36.8 Å². The molecule has 0 saturated carbocycles. The van der Waals surface area contributed by atoms with Crippen molar-refractivity contribution in [2.45, 2.75) is 59.4 Å². The first kappa shape index (κ1) is 20.2. The van der Waals surface area contributed by atoms with Crippen LogP contribution in [0.1, 0.15) is 55.5 Å². The van der Waals surface area contributed by atoms with Crippen LogP contribution in [0.25, 0.3) is 0 Å². The number of nitrogens with one attached hydrogen (secondary N) is 2. The lowest BCUT2D eigenvalue weighted by atomic mass is 9.99. The predicted molar refractivity (Wildman–Crippen MR) is 102 cm³/mol. The number of hydrogen-bond donors (Lipinski definition) is 2. The molecule has 0 unspecified atom stereocenters. The molecule has 26 heavy (non-hydrogen) atoms. The third-order valence-electron chi connectivity index (χ3n) is 5.20. The van der Waals surface area contributed by atoms with Gasteiger partial charge in [-0.1, -0.05) is 6.92 Å². The number of piperidine rings is 1. The second-order valence-electron chi connectivity index (χ2n) is 7.65. The molecule has 1 aromatic heterocycles. The molecule has 142 valence electrons. The van der Waals surface area contributed by atoms with E-state index in [0.29, 0.717) is 18.4 Å². The van der Waals surface area contributed by atoms with E-state index in [1.54, 1.807) is 6.92 Å². The van der Waals surface area contributed by atoms with Gasteiger partial charge in [0, 0.05) is 31.2 Å². The van der Waals surface area contributed by atoms with Crippen molar-refractivity contribution < 1.29 is 4.79 Å². The van der Waals surface area contributed by atoms with Crippen molar-refractivity contribution in [1.29, 1.82) is 5.26 Å². The minimum absolute atomic E-state index is 0.00562. The lowest BCUT2D eigenvalue weighted by Crippen LogP contribution is -2.45. The SMILES string of the molecule is Cc1[nH]c(=O)c(C#N)c(C)c1CCC(=O)N[C@H](C)CN1CCC[C@H](C)C1. The lowest BCUT2D eigenvalue weighted by Gasteiger charge is -2.32. The Bertz CT molecular complexity index is 747. The number of likely N-dealkylation sites (tertiary alicyclic amines) is 1. The van der Waals surface area contributed by atoms with Gasteiger partial charge in [-0.2, -0.15) is 5.26 Å². The number of aromatic amines is 1. The van der Waals surface area contributed by atoms with E-state index in [1.165, 1.54) is 12.8 Å². The van der Waals surface area contributed by atoms with Crippen LogP contribution >= 0.6 is 0 Å². The van der Waals surface area contributed by atoms with Gasteiger partial charge in [0.05, 0.1) is 0 Å². The molecule has 1 aromatic rings. The highest BCUT2D eigenvalue weighted by molar-refractivity contribution is 5.76. The van der Waals surface area contributed by atoms with E-state index < -0.39 is 0 Å². The second-order valence-corrected chi connectivity index (χ2v) is 7.65. The quantitative estimate of drug-likeness (QED) is 0.814. The van der Waals surface area contributed by atoms with E-state index in [1.807, 2.05) is 19.9 Å². The van der Waals surface area contributed by atoms with Crippen LogP contribution in [0.2, 0.25) is 0 Å². The molecule has 2 N–H and O–H groups in total. The van der Waals surface area contributed by atoms with Gasteiger partial charge in [-0.25, -0.2) is 0 Å². The minimum atomic E-state index is -0.361. The van der Waals surface area contributed by atoms with Gasteiger partial charge in [0.2, 0.25) is 5.91 Å². The molecule has 2 heterocycles. The molecule has 1 fully saturated rings. The number of carbonyl (C=O) groups is 1. The Morgan fingerprint density at radius 3 is 2.85 bits per heavy atom. The van der Waals surface area contributed by atoms with E-state index in [-0.39, 0.29) is 23.1 Å². The van der Waals surface area contributed by atoms with E-state index >= 15 is 0 Å². The average molecular weight is 358 g/mol. The van der Waals surface area contributed by atoms with Gasteiger partial charge in [-0.05, 0) is 63.6 Å². The molecule has 2 atom stereocenters. The standard InChI is InChI=1S/C20H30N4O2/c1-13-6-5-9-24(11-13)12-14(2)22-19(25)8-7-17-15(3)18(10-21)20(26)23-16(17)4/h13-14H,5-9,11-12H2,1-4H3,(H,22,25)(H,23,26)/t13-,14+/m0/s1. The topological polar surface area (TPSA) is 89.0 Å². The number of aryl methyl sites for hydroxylation is 1. The molecule has 0 spiro atoms. The normalized spacial score (nSPS) is 19.0. The van der Waals surface area contributed by atoms with Crippen LogP contribution in [0, 0.1) is 31.1 Å². The summed E-state index contributed by atoms with van der Waals surface area (Å²) in [5.74, 6) is 0.734. The van der Waals surface area contributed by atoms with Crippen LogP contribution in [0.5, 0.6) is 0 Å². The fourth-order valence-electron chi connectivity index (χ4n) is 3.89. The molecule has 2 rings (SSSR count). The third-order valence-corrected chi connectivity index (χ3v) is 5.20. The first-order chi connectivity index (χ1) is 12.3. The molecule has 1 aliphatic heterocycles. The summed E-state index contributed by atoms with van der Waals surface area (Å²) in [6.45, 7) is 11.0. The van der Waals surface area contributed by atoms with Gasteiger partial charge in [0.15, 0.2) is 0 Å². The fourth-order valence-corrected chi connectivity index (χ4v) is 3.89. The third kappa shape index (κ3) is 5.18. The van der Waals surface area contributed by atoms with Crippen molar-refractivity contribution in [3.05, 3.63) is 32.7 Å². The summed E-state index contributed by atoms with van der Waals surface area (Å²) < 4.78 is 0. The number of aromatic nitrogens is 1. The van der Waals surface area contributed by atoms with Gasteiger partial charge < -0.3 is 15.2 Å². The average Bonchev–Trinajstić information content (AvgIpc) is 2.54. The Hall–Kier alpha value is -2.13. The van der Waals surface area contributed by atoms with Crippen molar-refractivity contribution in [2.24, 2.45) is 5.92 Å². The Morgan fingerprint density at radius 1 is 1.46 bits per heavy atom. The Morgan fingerprint density at radius 2 is 2.19 bits per heavy atom. The highest BCUT2D eigenvalue weighted by Crippen LogP contribution is 2.16. The molecule has 0 aliphatic carbocycles. The zero-order valence-electron chi connectivity index (χ0n) is 16.3. The lowest BCUT2D eigenvalue weighted by molar-refractivity contribution is -0.121. The molecular formula is C20H30N4O2. The van der Waals surface area contributed by atoms with Crippen molar-refractivity contribution in [3.8, 4) is 6.07 Å². The molecule has 1 amide bonds.